The fourth-order valence-electron chi connectivity index (χ4n) is 2.87. The summed E-state index contributed by atoms with van der Waals surface area (Å²) in [6.45, 7) is 3.32. The van der Waals surface area contributed by atoms with Crippen molar-refractivity contribution in [2.24, 2.45) is 0 Å². The monoisotopic (exact) mass is 273 g/mol. The molecule has 1 aliphatic rings. The Morgan fingerprint density at radius 3 is 2.90 bits per heavy atom. The number of rotatable bonds is 7. The van der Waals surface area contributed by atoms with Crippen LogP contribution in [0.2, 0.25) is 0 Å². The average Bonchev–Trinajstić information content (AvgIpc) is 2.52. The molecule has 2 rings (SSSR count). The van der Waals surface area contributed by atoms with Crippen molar-refractivity contribution in [2.75, 3.05) is 13.7 Å². The van der Waals surface area contributed by atoms with E-state index in [-0.39, 0.29) is 0 Å². The lowest BCUT2D eigenvalue weighted by Gasteiger charge is -2.25. The van der Waals surface area contributed by atoms with Gasteiger partial charge in [-0.3, -0.25) is 0 Å². The van der Waals surface area contributed by atoms with Gasteiger partial charge in [0.1, 0.15) is 5.75 Å². The van der Waals surface area contributed by atoms with Gasteiger partial charge >= 0.3 is 0 Å². The molecule has 1 aromatic carbocycles. The van der Waals surface area contributed by atoms with Crippen LogP contribution in [0.25, 0.3) is 0 Å². The van der Waals surface area contributed by atoms with Crippen LogP contribution in [0, 0.1) is 0 Å². The molecule has 1 atom stereocenters. The second-order valence-electron chi connectivity index (χ2n) is 5.59. The van der Waals surface area contributed by atoms with Gasteiger partial charge in [0.15, 0.2) is 0 Å². The van der Waals surface area contributed by atoms with E-state index in [0.29, 0.717) is 6.04 Å². The molecule has 110 valence electrons. The predicted molar refractivity (Wildman–Crippen MR) is 85.3 cm³/mol. The number of allylic oxidation sites excluding steroid dienone is 1. The third kappa shape index (κ3) is 4.38. The Bertz CT molecular complexity index is 439. The summed E-state index contributed by atoms with van der Waals surface area (Å²) in [6.07, 6.45) is 9.89. The number of ether oxygens (including phenoxy) is 1. The Hall–Kier alpha value is -1.28. The lowest BCUT2D eigenvalue weighted by molar-refractivity contribution is 0.414. The Kier molecular flexibility index (Phi) is 6.13. The van der Waals surface area contributed by atoms with Crippen LogP contribution >= 0.6 is 0 Å². The maximum Gasteiger partial charge on any atom is 0.119 e. The van der Waals surface area contributed by atoms with Crippen LogP contribution in [-0.4, -0.2) is 19.7 Å². The largest absolute Gasteiger partial charge is 0.497 e. The van der Waals surface area contributed by atoms with Gasteiger partial charge in [0.05, 0.1) is 7.11 Å². The lowest BCUT2D eigenvalue weighted by Crippen LogP contribution is -2.34. The van der Waals surface area contributed by atoms with E-state index in [9.17, 15) is 0 Å². The van der Waals surface area contributed by atoms with Crippen molar-refractivity contribution in [3.05, 3.63) is 41.5 Å². The number of nitrogens with one attached hydrogen (secondary N) is 1. The van der Waals surface area contributed by atoms with Crippen molar-refractivity contribution in [1.82, 2.24) is 5.32 Å². The first kappa shape index (κ1) is 15.1. The number of benzene rings is 1. The zero-order valence-corrected chi connectivity index (χ0v) is 12.8. The fourth-order valence-corrected chi connectivity index (χ4v) is 2.87. The normalized spacial score (nSPS) is 16.6. The summed E-state index contributed by atoms with van der Waals surface area (Å²) in [7, 11) is 1.73. The molecule has 0 aliphatic heterocycles. The fraction of sp³-hybridized carbons (Fsp3) is 0.556. The molecule has 20 heavy (non-hydrogen) atoms. The number of hydrogen-bond acceptors (Lipinski definition) is 2. The molecule has 2 nitrogen and oxygen atoms in total. The molecule has 0 aromatic heterocycles. The molecule has 1 aromatic rings. The van der Waals surface area contributed by atoms with Crippen LogP contribution in [0.15, 0.2) is 35.9 Å². The van der Waals surface area contributed by atoms with Crippen molar-refractivity contribution in [3.63, 3.8) is 0 Å². The van der Waals surface area contributed by atoms with E-state index in [1.165, 1.54) is 37.7 Å². The minimum Gasteiger partial charge on any atom is -0.497 e. The summed E-state index contributed by atoms with van der Waals surface area (Å²) >= 11 is 0. The maximum absolute atomic E-state index is 5.33. The first-order valence-electron chi connectivity index (χ1n) is 7.88. The van der Waals surface area contributed by atoms with E-state index >= 15 is 0 Å². The smallest absolute Gasteiger partial charge is 0.119 e. The Morgan fingerprint density at radius 1 is 1.30 bits per heavy atom. The highest BCUT2D eigenvalue weighted by Crippen LogP contribution is 2.23. The summed E-state index contributed by atoms with van der Waals surface area (Å²) < 4.78 is 5.33. The standard InChI is InChI=1S/C18H27NO/c1-3-12-19-18(16-9-5-4-6-10-16)14-15-8-7-11-17(13-15)20-2/h7-9,11,13,18-19H,3-6,10,12,14H2,1-2H3. The third-order valence-corrected chi connectivity index (χ3v) is 3.99. The van der Waals surface area contributed by atoms with Gasteiger partial charge in [0.25, 0.3) is 0 Å². The SMILES string of the molecule is CCCNC(Cc1cccc(OC)c1)C1=CCCCC1. The molecule has 0 spiro atoms. The number of methoxy groups -OCH3 is 1. The van der Waals surface area contributed by atoms with Crippen LogP contribution in [0.5, 0.6) is 5.75 Å². The van der Waals surface area contributed by atoms with Gasteiger partial charge in [0, 0.05) is 6.04 Å². The predicted octanol–water partition coefficient (Wildman–Crippen LogP) is 4.11. The molecule has 0 saturated heterocycles. The molecule has 0 radical (unpaired) electrons. The number of hydrogen-bond donors (Lipinski definition) is 1. The second kappa shape index (κ2) is 8.11. The molecule has 2 heteroatoms. The molecule has 1 unspecified atom stereocenters. The van der Waals surface area contributed by atoms with Crippen molar-refractivity contribution >= 4 is 0 Å². The highest BCUT2D eigenvalue weighted by atomic mass is 16.5. The zero-order chi connectivity index (χ0) is 14.2. The molecule has 0 heterocycles. The topological polar surface area (TPSA) is 21.3 Å². The van der Waals surface area contributed by atoms with E-state index in [1.54, 1.807) is 12.7 Å². The van der Waals surface area contributed by atoms with Crippen LogP contribution in [0.4, 0.5) is 0 Å². The van der Waals surface area contributed by atoms with Crippen molar-refractivity contribution < 1.29 is 4.74 Å². The van der Waals surface area contributed by atoms with Crippen molar-refractivity contribution in [2.45, 2.75) is 51.5 Å². The van der Waals surface area contributed by atoms with Gasteiger partial charge in [-0.25, -0.2) is 0 Å². The summed E-state index contributed by atoms with van der Waals surface area (Å²) in [5.74, 6) is 0.953. The maximum atomic E-state index is 5.33. The van der Waals surface area contributed by atoms with Crippen LogP contribution in [0.1, 0.15) is 44.6 Å². The molecule has 1 aliphatic carbocycles. The van der Waals surface area contributed by atoms with E-state index in [0.717, 1.165) is 18.7 Å². The van der Waals surface area contributed by atoms with E-state index in [1.807, 2.05) is 6.07 Å². The first-order chi connectivity index (χ1) is 9.83. The average molecular weight is 273 g/mol. The van der Waals surface area contributed by atoms with Gasteiger partial charge in [-0.05, 0) is 62.8 Å². The van der Waals surface area contributed by atoms with Crippen LogP contribution in [-0.2, 0) is 6.42 Å². The lowest BCUT2D eigenvalue weighted by atomic mass is 9.90. The Morgan fingerprint density at radius 2 is 2.20 bits per heavy atom. The molecule has 0 bridgehead atoms. The van der Waals surface area contributed by atoms with E-state index in [4.69, 9.17) is 4.74 Å². The molecule has 1 N–H and O–H groups in total. The highest BCUT2D eigenvalue weighted by molar-refractivity contribution is 5.30. The summed E-state index contributed by atoms with van der Waals surface area (Å²) in [5, 5.41) is 3.72. The second-order valence-corrected chi connectivity index (χ2v) is 5.59. The minimum absolute atomic E-state index is 0.488. The van der Waals surface area contributed by atoms with Crippen LogP contribution < -0.4 is 10.1 Å². The van der Waals surface area contributed by atoms with E-state index < -0.39 is 0 Å². The first-order valence-corrected chi connectivity index (χ1v) is 7.88. The quantitative estimate of drug-likeness (QED) is 0.755. The van der Waals surface area contributed by atoms with Gasteiger partial charge in [-0.1, -0.05) is 30.7 Å². The summed E-state index contributed by atoms with van der Waals surface area (Å²) in [6, 6.07) is 8.94. The van der Waals surface area contributed by atoms with Crippen molar-refractivity contribution in [1.29, 1.82) is 0 Å². The molecular weight excluding hydrogens is 246 g/mol. The van der Waals surface area contributed by atoms with Gasteiger partial charge in [0.2, 0.25) is 0 Å². The van der Waals surface area contributed by atoms with Gasteiger partial charge in [-0.15, -0.1) is 0 Å². The van der Waals surface area contributed by atoms with Crippen LogP contribution in [0.3, 0.4) is 0 Å². The molecule has 0 saturated carbocycles. The minimum atomic E-state index is 0.488. The van der Waals surface area contributed by atoms with E-state index in [2.05, 4.69) is 36.5 Å². The molecular formula is C18H27NO. The van der Waals surface area contributed by atoms with Crippen molar-refractivity contribution in [3.8, 4) is 5.75 Å². The Balaban J connectivity index is 2.07. The zero-order valence-electron chi connectivity index (χ0n) is 12.8. The molecule has 0 fully saturated rings. The van der Waals surface area contributed by atoms with Gasteiger partial charge < -0.3 is 10.1 Å². The summed E-state index contributed by atoms with van der Waals surface area (Å²) in [4.78, 5) is 0. The highest BCUT2D eigenvalue weighted by Gasteiger charge is 2.16. The summed E-state index contributed by atoms with van der Waals surface area (Å²) in [5.41, 5.74) is 2.96. The molecule has 0 amide bonds. The third-order valence-electron chi connectivity index (χ3n) is 3.99. The Labute approximate surface area is 123 Å². The van der Waals surface area contributed by atoms with Gasteiger partial charge in [-0.2, -0.15) is 0 Å².